The highest BCUT2D eigenvalue weighted by Crippen LogP contribution is 2.16. The lowest BCUT2D eigenvalue weighted by Gasteiger charge is -2.10. The van der Waals surface area contributed by atoms with Gasteiger partial charge < -0.3 is 15.0 Å². The van der Waals surface area contributed by atoms with Gasteiger partial charge in [-0.1, -0.05) is 0 Å². The minimum Gasteiger partial charge on any atom is -0.469 e. The zero-order valence-electron chi connectivity index (χ0n) is 10.7. The first kappa shape index (κ1) is 14.0. The first-order valence-corrected chi connectivity index (χ1v) is 6.14. The van der Waals surface area contributed by atoms with Crippen molar-refractivity contribution in [2.24, 2.45) is 5.92 Å². The van der Waals surface area contributed by atoms with Crippen LogP contribution < -0.4 is 5.32 Å². The van der Waals surface area contributed by atoms with Gasteiger partial charge in [0, 0.05) is 19.5 Å². The van der Waals surface area contributed by atoms with Crippen LogP contribution >= 0.6 is 0 Å². The van der Waals surface area contributed by atoms with Gasteiger partial charge in [0.1, 0.15) is 0 Å². The second-order valence-corrected chi connectivity index (χ2v) is 4.63. The van der Waals surface area contributed by atoms with Crippen LogP contribution in [0.2, 0.25) is 0 Å². The summed E-state index contributed by atoms with van der Waals surface area (Å²) in [6.45, 7) is 2.98. The fraction of sp³-hybridized carbons (Fsp3) is 0.833. The highest BCUT2D eigenvalue weighted by molar-refractivity contribution is 5.81. The minimum atomic E-state index is -0.336. The van der Waals surface area contributed by atoms with E-state index in [4.69, 9.17) is 0 Å². The largest absolute Gasteiger partial charge is 0.469 e. The predicted octanol–water partition coefficient (Wildman–Crippen LogP) is 0.398. The summed E-state index contributed by atoms with van der Waals surface area (Å²) in [4.78, 5) is 24.5. The number of likely N-dealkylation sites (tertiary alicyclic amines) is 1. The van der Waals surface area contributed by atoms with Crippen molar-refractivity contribution in [1.82, 2.24) is 10.2 Å². The lowest BCUT2D eigenvalue weighted by molar-refractivity contribution is -0.142. The van der Waals surface area contributed by atoms with Gasteiger partial charge in [0.25, 0.3) is 0 Å². The molecule has 1 N–H and O–H groups in total. The minimum absolute atomic E-state index is 0.0678. The van der Waals surface area contributed by atoms with E-state index in [2.05, 4.69) is 22.0 Å². The molecule has 1 aliphatic rings. The van der Waals surface area contributed by atoms with E-state index < -0.39 is 0 Å². The molecule has 1 fully saturated rings. The van der Waals surface area contributed by atoms with Gasteiger partial charge in [0.15, 0.2) is 0 Å². The molecule has 5 heteroatoms. The van der Waals surface area contributed by atoms with E-state index in [9.17, 15) is 9.59 Å². The topological polar surface area (TPSA) is 58.6 Å². The average Bonchev–Trinajstić information content (AvgIpc) is 2.72. The summed E-state index contributed by atoms with van der Waals surface area (Å²) in [7, 11) is 3.45. The molecule has 0 saturated carbocycles. The van der Waals surface area contributed by atoms with Gasteiger partial charge in [-0.25, -0.2) is 0 Å². The highest BCUT2D eigenvalue weighted by atomic mass is 16.5. The van der Waals surface area contributed by atoms with Crippen LogP contribution in [-0.4, -0.2) is 50.6 Å². The van der Waals surface area contributed by atoms with E-state index in [1.807, 2.05) is 0 Å². The average molecular weight is 242 g/mol. The molecule has 1 aliphatic heterocycles. The molecule has 0 bridgehead atoms. The smallest absolute Gasteiger partial charge is 0.306 e. The summed E-state index contributed by atoms with van der Waals surface area (Å²) in [6, 6.07) is 0. The maximum absolute atomic E-state index is 11.4. The zero-order valence-corrected chi connectivity index (χ0v) is 10.7. The quantitative estimate of drug-likeness (QED) is 0.685. The number of ether oxygens (including phenoxy) is 1. The molecule has 0 aromatic rings. The molecule has 1 atom stereocenters. The van der Waals surface area contributed by atoms with Crippen LogP contribution in [0, 0.1) is 5.92 Å². The normalized spacial score (nSPS) is 20.2. The van der Waals surface area contributed by atoms with Crippen molar-refractivity contribution in [3.63, 3.8) is 0 Å². The van der Waals surface area contributed by atoms with Gasteiger partial charge >= 0.3 is 5.97 Å². The molecule has 17 heavy (non-hydrogen) atoms. The molecule has 0 aromatic carbocycles. The molecule has 1 unspecified atom stereocenters. The fourth-order valence-corrected chi connectivity index (χ4v) is 2.08. The number of nitrogens with zero attached hydrogens (tertiary/aromatic N) is 1. The summed E-state index contributed by atoms with van der Waals surface area (Å²) in [5.74, 6) is 0.292. The molecule has 98 valence electrons. The standard InChI is InChI=1S/C12H22N2O3/c1-14-8-6-10(9-14)5-7-13-11(15)3-4-12(16)17-2/h10H,3-9H2,1-2H3,(H,13,15). The summed E-state index contributed by atoms with van der Waals surface area (Å²) >= 11 is 0. The number of methoxy groups -OCH3 is 1. The van der Waals surface area contributed by atoms with Crippen molar-refractivity contribution in [2.45, 2.75) is 25.7 Å². The van der Waals surface area contributed by atoms with Crippen molar-refractivity contribution in [1.29, 1.82) is 0 Å². The fourth-order valence-electron chi connectivity index (χ4n) is 2.08. The first-order valence-electron chi connectivity index (χ1n) is 6.14. The number of rotatable bonds is 6. The van der Waals surface area contributed by atoms with Crippen LogP contribution in [0.25, 0.3) is 0 Å². The molecule has 1 saturated heterocycles. The molecular formula is C12H22N2O3. The van der Waals surface area contributed by atoms with Gasteiger partial charge in [-0.2, -0.15) is 0 Å². The van der Waals surface area contributed by atoms with Gasteiger partial charge in [-0.15, -0.1) is 0 Å². The number of carbonyl (C=O) groups is 2. The third-order valence-electron chi connectivity index (χ3n) is 3.15. The zero-order chi connectivity index (χ0) is 12.7. The second kappa shape index (κ2) is 7.27. The van der Waals surface area contributed by atoms with Crippen molar-refractivity contribution >= 4 is 11.9 Å². The Morgan fingerprint density at radius 1 is 1.41 bits per heavy atom. The van der Waals surface area contributed by atoms with E-state index in [-0.39, 0.29) is 24.7 Å². The summed E-state index contributed by atoms with van der Waals surface area (Å²) in [5.41, 5.74) is 0. The third-order valence-corrected chi connectivity index (χ3v) is 3.15. The Labute approximate surface area is 102 Å². The monoisotopic (exact) mass is 242 g/mol. The number of hydrogen-bond acceptors (Lipinski definition) is 4. The van der Waals surface area contributed by atoms with Crippen LogP contribution in [0.1, 0.15) is 25.7 Å². The molecule has 1 rings (SSSR count). The first-order chi connectivity index (χ1) is 8.11. The Bertz CT molecular complexity index is 268. The molecule has 0 aliphatic carbocycles. The summed E-state index contributed by atoms with van der Waals surface area (Å²) in [6.07, 6.45) is 2.62. The molecule has 5 nitrogen and oxygen atoms in total. The van der Waals surface area contributed by atoms with E-state index >= 15 is 0 Å². The summed E-state index contributed by atoms with van der Waals surface area (Å²) < 4.78 is 4.47. The maximum atomic E-state index is 11.4. The van der Waals surface area contributed by atoms with Crippen LogP contribution in [0.5, 0.6) is 0 Å². The van der Waals surface area contributed by atoms with E-state index in [0.717, 1.165) is 19.5 Å². The highest BCUT2D eigenvalue weighted by Gasteiger charge is 2.18. The maximum Gasteiger partial charge on any atom is 0.306 e. The predicted molar refractivity (Wildman–Crippen MR) is 64.5 cm³/mol. The number of hydrogen-bond donors (Lipinski definition) is 1. The SMILES string of the molecule is COC(=O)CCC(=O)NCCC1CCN(C)C1. The van der Waals surface area contributed by atoms with Crippen LogP contribution in [0.4, 0.5) is 0 Å². The van der Waals surface area contributed by atoms with Gasteiger partial charge in [-0.05, 0) is 32.4 Å². The van der Waals surface area contributed by atoms with E-state index in [1.54, 1.807) is 0 Å². The molecule has 0 aromatic heterocycles. The Hall–Kier alpha value is -1.10. The number of amides is 1. The Balaban J connectivity index is 2.02. The van der Waals surface area contributed by atoms with E-state index in [0.29, 0.717) is 12.5 Å². The number of nitrogens with one attached hydrogen (secondary N) is 1. The van der Waals surface area contributed by atoms with Gasteiger partial charge in [0.2, 0.25) is 5.91 Å². The third kappa shape index (κ3) is 5.68. The van der Waals surface area contributed by atoms with Gasteiger partial charge in [-0.3, -0.25) is 9.59 Å². The molecule has 0 radical (unpaired) electrons. The van der Waals surface area contributed by atoms with Crippen LogP contribution in [0.15, 0.2) is 0 Å². The van der Waals surface area contributed by atoms with Crippen molar-refractivity contribution < 1.29 is 14.3 Å². The van der Waals surface area contributed by atoms with E-state index in [1.165, 1.54) is 13.5 Å². The number of esters is 1. The van der Waals surface area contributed by atoms with Crippen molar-refractivity contribution in [2.75, 3.05) is 33.8 Å². The molecule has 1 amide bonds. The molecular weight excluding hydrogens is 220 g/mol. The Morgan fingerprint density at radius 3 is 2.76 bits per heavy atom. The van der Waals surface area contributed by atoms with Crippen LogP contribution in [0.3, 0.4) is 0 Å². The van der Waals surface area contributed by atoms with Crippen molar-refractivity contribution in [3.8, 4) is 0 Å². The van der Waals surface area contributed by atoms with Gasteiger partial charge in [0.05, 0.1) is 13.5 Å². The molecule has 0 spiro atoms. The number of carbonyl (C=O) groups excluding carboxylic acids is 2. The second-order valence-electron chi connectivity index (χ2n) is 4.63. The van der Waals surface area contributed by atoms with Crippen molar-refractivity contribution in [3.05, 3.63) is 0 Å². The molecule has 1 heterocycles. The lowest BCUT2D eigenvalue weighted by atomic mass is 10.1. The Kier molecular flexibility index (Phi) is 5.97. The Morgan fingerprint density at radius 2 is 2.18 bits per heavy atom. The summed E-state index contributed by atoms with van der Waals surface area (Å²) in [5, 5.41) is 2.84. The van der Waals surface area contributed by atoms with Crippen LogP contribution in [-0.2, 0) is 14.3 Å². The lowest BCUT2D eigenvalue weighted by Crippen LogP contribution is -2.27.